The van der Waals surface area contributed by atoms with E-state index in [2.05, 4.69) is 5.32 Å². The summed E-state index contributed by atoms with van der Waals surface area (Å²) in [5.41, 5.74) is 0. The molecule has 0 aliphatic carbocycles. The molecule has 1 aromatic rings. The molecule has 1 aromatic carbocycles. The van der Waals surface area contributed by atoms with Crippen LogP contribution in [0.1, 0.15) is 13.8 Å². The summed E-state index contributed by atoms with van der Waals surface area (Å²) in [6.07, 6.45) is 0. The van der Waals surface area contributed by atoms with Crippen LogP contribution in [0.2, 0.25) is 5.02 Å². The topological polar surface area (TPSA) is 113 Å². The maximum Gasteiger partial charge on any atom is 0.321 e. The van der Waals surface area contributed by atoms with Gasteiger partial charge in [-0.05, 0) is 19.1 Å². The number of halogens is 1. The van der Waals surface area contributed by atoms with Crippen LogP contribution in [0.25, 0.3) is 0 Å². The fourth-order valence-electron chi connectivity index (χ4n) is 1.92. The number of benzene rings is 1. The highest BCUT2D eigenvalue weighted by molar-refractivity contribution is 7.89. The van der Waals surface area contributed by atoms with E-state index in [0.29, 0.717) is 0 Å². The van der Waals surface area contributed by atoms with Crippen LogP contribution in [0.3, 0.4) is 0 Å². The second kappa shape index (κ2) is 8.32. The van der Waals surface area contributed by atoms with E-state index in [-0.39, 0.29) is 34.7 Å². The third-order valence-electron chi connectivity index (χ3n) is 3.22. The minimum Gasteiger partial charge on any atom is -0.497 e. The molecule has 0 aliphatic heterocycles. The number of methoxy groups -OCH3 is 1. The maximum atomic E-state index is 12.9. The lowest BCUT2D eigenvalue weighted by Crippen LogP contribution is -2.46. The van der Waals surface area contributed by atoms with Crippen molar-refractivity contribution in [2.45, 2.75) is 24.8 Å². The van der Waals surface area contributed by atoms with Gasteiger partial charge in [0.2, 0.25) is 15.9 Å². The van der Waals surface area contributed by atoms with Gasteiger partial charge in [-0.2, -0.15) is 4.31 Å². The number of ether oxygens (including phenoxy) is 1. The lowest BCUT2D eigenvalue weighted by Gasteiger charge is -2.26. The summed E-state index contributed by atoms with van der Waals surface area (Å²) in [6.45, 7) is 2.26. The second-order valence-electron chi connectivity index (χ2n) is 4.91. The number of amides is 1. The molecule has 0 bridgehead atoms. The predicted octanol–water partition coefficient (Wildman–Crippen LogP) is 0.948. The van der Waals surface area contributed by atoms with E-state index in [1.807, 2.05) is 0 Å². The quantitative estimate of drug-likeness (QED) is 0.696. The van der Waals surface area contributed by atoms with Crippen LogP contribution >= 0.6 is 11.6 Å². The van der Waals surface area contributed by atoms with Crippen molar-refractivity contribution in [1.29, 1.82) is 0 Å². The van der Waals surface area contributed by atoms with Crippen LogP contribution in [0.5, 0.6) is 5.75 Å². The van der Waals surface area contributed by atoms with Gasteiger partial charge >= 0.3 is 5.97 Å². The Bertz CT molecular complexity index is 722. The standard InChI is InChI=1S/C14H19ClN2O6S/c1-9(14(19)20)17(7-6-16-10(2)18)24(21,22)13-8-11(23-3)4-5-12(13)15/h4-5,8-9H,6-7H2,1-3H3,(H,16,18)(H,19,20). The zero-order chi connectivity index (χ0) is 18.5. The Balaban J connectivity index is 3.28. The zero-order valence-electron chi connectivity index (χ0n) is 13.4. The summed E-state index contributed by atoms with van der Waals surface area (Å²) >= 11 is 5.97. The first kappa shape index (κ1) is 20.2. The minimum absolute atomic E-state index is 0.0340. The number of hydrogen-bond acceptors (Lipinski definition) is 5. The van der Waals surface area contributed by atoms with Crippen LogP contribution in [0.4, 0.5) is 0 Å². The molecule has 1 atom stereocenters. The third kappa shape index (κ3) is 4.83. The molecule has 8 nitrogen and oxygen atoms in total. The Hall–Kier alpha value is -1.84. The number of nitrogens with one attached hydrogen (secondary N) is 1. The Morgan fingerprint density at radius 2 is 2.04 bits per heavy atom. The molecule has 0 aromatic heterocycles. The number of nitrogens with zero attached hydrogens (tertiary/aromatic N) is 1. The molecule has 134 valence electrons. The summed E-state index contributed by atoms with van der Waals surface area (Å²) in [7, 11) is -2.85. The summed E-state index contributed by atoms with van der Waals surface area (Å²) in [4.78, 5) is 22.0. The molecule has 1 unspecified atom stereocenters. The summed E-state index contributed by atoms with van der Waals surface area (Å²) in [5.74, 6) is -1.40. The average Bonchev–Trinajstić information content (AvgIpc) is 2.50. The van der Waals surface area contributed by atoms with Crippen LogP contribution < -0.4 is 10.1 Å². The van der Waals surface area contributed by atoms with Crippen molar-refractivity contribution in [2.75, 3.05) is 20.2 Å². The lowest BCUT2D eigenvalue weighted by molar-refractivity contribution is -0.140. The monoisotopic (exact) mass is 378 g/mol. The highest BCUT2D eigenvalue weighted by Gasteiger charge is 2.34. The number of carboxylic acids is 1. The first-order valence-electron chi connectivity index (χ1n) is 6.94. The molecular weight excluding hydrogens is 360 g/mol. The van der Waals surface area contributed by atoms with Gasteiger partial charge in [-0.3, -0.25) is 9.59 Å². The first-order valence-corrected chi connectivity index (χ1v) is 8.75. The number of carboxylic acid groups (broad SMARTS) is 1. The van der Waals surface area contributed by atoms with E-state index >= 15 is 0 Å². The van der Waals surface area contributed by atoms with Gasteiger partial charge < -0.3 is 15.2 Å². The van der Waals surface area contributed by atoms with Gasteiger partial charge in [0.05, 0.1) is 12.1 Å². The molecule has 0 saturated heterocycles. The van der Waals surface area contributed by atoms with E-state index in [1.165, 1.54) is 39.2 Å². The largest absolute Gasteiger partial charge is 0.497 e. The molecule has 24 heavy (non-hydrogen) atoms. The van der Waals surface area contributed by atoms with E-state index in [0.717, 1.165) is 4.31 Å². The normalized spacial score (nSPS) is 12.7. The Morgan fingerprint density at radius 1 is 1.42 bits per heavy atom. The molecule has 0 heterocycles. The Kier molecular flexibility index (Phi) is 7.00. The fourth-order valence-corrected chi connectivity index (χ4v) is 4.00. The third-order valence-corrected chi connectivity index (χ3v) is 5.67. The van der Waals surface area contributed by atoms with Crippen LogP contribution in [-0.2, 0) is 19.6 Å². The van der Waals surface area contributed by atoms with Crippen molar-refractivity contribution >= 4 is 33.5 Å². The molecule has 1 rings (SSSR count). The highest BCUT2D eigenvalue weighted by Crippen LogP contribution is 2.29. The summed E-state index contributed by atoms with van der Waals surface area (Å²) in [6, 6.07) is 2.72. The maximum absolute atomic E-state index is 12.9. The van der Waals surface area contributed by atoms with Crippen molar-refractivity contribution < 1.29 is 27.9 Å². The van der Waals surface area contributed by atoms with Gasteiger partial charge in [0, 0.05) is 26.1 Å². The molecule has 10 heteroatoms. The molecule has 0 fully saturated rings. The molecule has 0 aliphatic rings. The van der Waals surface area contributed by atoms with E-state index in [4.69, 9.17) is 16.3 Å². The second-order valence-corrected chi connectivity index (χ2v) is 7.18. The van der Waals surface area contributed by atoms with Crippen LogP contribution in [-0.4, -0.2) is 55.9 Å². The zero-order valence-corrected chi connectivity index (χ0v) is 15.0. The number of aliphatic carboxylic acids is 1. The number of carbonyl (C=O) groups is 2. The van der Waals surface area contributed by atoms with Gasteiger partial charge in [-0.25, -0.2) is 8.42 Å². The van der Waals surface area contributed by atoms with Crippen LogP contribution in [0, 0.1) is 0 Å². The molecule has 2 N–H and O–H groups in total. The van der Waals surface area contributed by atoms with Crippen LogP contribution in [0.15, 0.2) is 23.1 Å². The number of hydrogen-bond donors (Lipinski definition) is 2. The van der Waals surface area contributed by atoms with Crippen molar-refractivity contribution in [3.63, 3.8) is 0 Å². The Labute approximate surface area is 145 Å². The van der Waals surface area contributed by atoms with Gasteiger partial charge in [0.1, 0.15) is 16.7 Å². The SMILES string of the molecule is COc1ccc(Cl)c(S(=O)(=O)N(CCNC(C)=O)C(C)C(=O)O)c1. The molecular formula is C14H19ClN2O6S. The molecule has 0 radical (unpaired) electrons. The van der Waals surface area contributed by atoms with E-state index in [1.54, 1.807) is 0 Å². The van der Waals surface area contributed by atoms with Crippen molar-refractivity contribution in [3.8, 4) is 5.75 Å². The van der Waals surface area contributed by atoms with Crippen molar-refractivity contribution in [2.24, 2.45) is 0 Å². The number of carbonyl (C=O) groups excluding carboxylic acids is 1. The average molecular weight is 379 g/mol. The van der Waals surface area contributed by atoms with Gasteiger partial charge in [0.15, 0.2) is 0 Å². The van der Waals surface area contributed by atoms with E-state index < -0.39 is 22.0 Å². The van der Waals surface area contributed by atoms with Gasteiger partial charge in [-0.15, -0.1) is 0 Å². The van der Waals surface area contributed by atoms with Crippen molar-refractivity contribution in [3.05, 3.63) is 23.2 Å². The predicted molar refractivity (Wildman–Crippen MR) is 87.7 cm³/mol. The minimum atomic E-state index is -4.22. The highest BCUT2D eigenvalue weighted by atomic mass is 35.5. The summed E-state index contributed by atoms with van der Waals surface area (Å²) < 4.78 is 31.5. The fraction of sp³-hybridized carbons (Fsp3) is 0.429. The Morgan fingerprint density at radius 3 is 2.54 bits per heavy atom. The summed E-state index contributed by atoms with van der Waals surface area (Å²) in [5, 5.41) is 11.6. The number of rotatable bonds is 8. The van der Waals surface area contributed by atoms with Gasteiger partial charge in [0.25, 0.3) is 0 Å². The number of sulfonamides is 1. The molecule has 1 amide bonds. The lowest BCUT2D eigenvalue weighted by atomic mass is 10.3. The molecule has 0 saturated carbocycles. The molecule has 0 spiro atoms. The first-order chi connectivity index (χ1) is 11.1. The van der Waals surface area contributed by atoms with Gasteiger partial charge in [-0.1, -0.05) is 11.6 Å². The smallest absolute Gasteiger partial charge is 0.321 e. The van der Waals surface area contributed by atoms with Crippen molar-refractivity contribution in [1.82, 2.24) is 9.62 Å². The van der Waals surface area contributed by atoms with E-state index in [9.17, 15) is 23.1 Å².